The van der Waals surface area contributed by atoms with Crippen LogP contribution in [0.1, 0.15) is 51.0 Å². The van der Waals surface area contributed by atoms with E-state index in [1.165, 1.54) is 0 Å². The zero-order valence-electron chi connectivity index (χ0n) is 14.9. The summed E-state index contributed by atoms with van der Waals surface area (Å²) in [6.45, 7) is 3.45. The highest BCUT2D eigenvalue weighted by Crippen LogP contribution is 2.31. The number of ether oxygens (including phenoxy) is 1. The number of rotatable bonds is 4. The maximum absolute atomic E-state index is 13.0. The van der Waals surface area contributed by atoms with Crippen molar-refractivity contribution in [2.45, 2.75) is 63.6 Å². The van der Waals surface area contributed by atoms with E-state index in [0.717, 1.165) is 44.2 Å². The number of hydrogen-bond donors (Lipinski definition) is 0. The Hall–Kier alpha value is -1.88. The van der Waals surface area contributed by atoms with Crippen LogP contribution in [0.5, 0.6) is 0 Å². The van der Waals surface area contributed by atoms with Crippen molar-refractivity contribution in [3.8, 4) is 0 Å². The first-order chi connectivity index (χ1) is 12.1. The zero-order chi connectivity index (χ0) is 17.7. The third-order valence-corrected chi connectivity index (χ3v) is 5.33. The number of carbonyl (C=O) groups excluding carboxylic acids is 2. The van der Waals surface area contributed by atoms with Gasteiger partial charge in [0, 0.05) is 13.1 Å². The van der Waals surface area contributed by atoms with Crippen LogP contribution in [0.15, 0.2) is 30.3 Å². The highest BCUT2D eigenvalue weighted by molar-refractivity contribution is 5.90. The largest absolute Gasteiger partial charge is 0.459 e. The number of amides is 1. The van der Waals surface area contributed by atoms with Crippen molar-refractivity contribution < 1.29 is 14.3 Å². The lowest BCUT2D eigenvalue weighted by Gasteiger charge is -2.44. The Bertz CT molecular complexity index is 598. The molecule has 1 aromatic carbocycles. The fourth-order valence-electron chi connectivity index (χ4n) is 3.73. The number of esters is 1. The number of piperidine rings is 2. The van der Waals surface area contributed by atoms with Crippen molar-refractivity contribution in [2.24, 2.45) is 0 Å². The first kappa shape index (κ1) is 17.9. The number of hydrogen-bond acceptors (Lipinski definition) is 3. The van der Waals surface area contributed by atoms with Crippen LogP contribution in [0.4, 0.5) is 0 Å². The molecule has 0 aromatic heterocycles. The van der Waals surface area contributed by atoms with Crippen LogP contribution in [0, 0.1) is 0 Å². The third kappa shape index (κ3) is 4.03. The van der Waals surface area contributed by atoms with Crippen molar-refractivity contribution in [3.05, 3.63) is 35.9 Å². The summed E-state index contributed by atoms with van der Waals surface area (Å²) in [5, 5.41) is 4.48. The Morgan fingerprint density at radius 3 is 2.72 bits per heavy atom. The Balaban J connectivity index is 1.68. The molecule has 0 saturated carbocycles. The summed E-state index contributed by atoms with van der Waals surface area (Å²) >= 11 is 0. The van der Waals surface area contributed by atoms with Crippen molar-refractivity contribution in [1.82, 2.24) is 10.2 Å². The van der Waals surface area contributed by atoms with Gasteiger partial charge in [0.2, 0.25) is 5.91 Å². The van der Waals surface area contributed by atoms with Crippen LogP contribution in [-0.2, 0) is 20.9 Å². The van der Waals surface area contributed by atoms with E-state index in [2.05, 4.69) is 5.32 Å². The van der Waals surface area contributed by atoms with Gasteiger partial charge in [0.05, 0.1) is 0 Å². The van der Waals surface area contributed by atoms with Crippen LogP contribution < -0.4 is 5.32 Å². The molecule has 0 spiro atoms. The maximum Gasteiger partial charge on any atom is 0.332 e. The normalized spacial score (nSPS) is 26.9. The molecule has 1 aromatic rings. The number of nitrogens with zero attached hydrogens (tertiary/aromatic N) is 2. The summed E-state index contributed by atoms with van der Waals surface area (Å²) in [4.78, 5) is 27.6. The van der Waals surface area contributed by atoms with Gasteiger partial charge >= 0.3 is 5.97 Å². The summed E-state index contributed by atoms with van der Waals surface area (Å²) < 4.78 is 5.57. The highest BCUT2D eigenvalue weighted by atomic mass is 16.5. The molecular formula is C20H27N2O3. The molecule has 2 atom stereocenters. The standard InChI is InChI=1S/C20H27N2O3/c1-20(19(24)25-15-16-9-3-2-4-10-16)12-6-8-14-22(20)18(23)17-11-5-7-13-21-17/h2-4,9-10,17H,5-8,11-15H2,1H3. The lowest BCUT2D eigenvalue weighted by atomic mass is 9.87. The van der Waals surface area contributed by atoms with E-state index >= 15 is 0 Å². The Kier molecular flexibility index (Phi) is 5.74. The Morgan fingerprint density at radius 1 is 1.20 bits per heavy atom. The maximum atomic E-state index is 13.0. The van der Waals surface area contributed by atoms with E-state index in [1.54, 1.807) is 4.90 Å². The number of likely N-dealkylation sites (tertiary alicyclic amines) is 1. The van der Waals surface area contributed by atoms with E-state index in [1.807, 2.05) is 37.3 Å². The minimum atomic E-state index is -0.878. The molecule has 2 heterocycles. The second-order valence-electron chi connectivity index (χ2n) is 7.20. The highest BCUT2D eigenvalue weighted by Gasteiger charge is 2.46. The Labute approximate surface area is 149 Å². The van der Waals surface area contributed by atoms with Crippen LogP contribution in [0.3, 0.4) is 0 Å². The van der Waals surface area contributed by atoms with Crippen LogP contribution in [-0.4, -0.2) is 41.4 Å². The van der Waals surface area contributed by atoms with Gasteiger partial charge in [-0.3, -0.25) is 4.79 Å². The van der Waals surface area contributed by atoms with Gasteiger partial charge in [-0.25, -0.2) is 10.1 Å². The van der Waals surface area contributed by atoms with Crippen molar-refractivity contribution >= 4 is 11.9 Å². The average molecular weight is 343 g/mol. The fourth-order valence-corrected chi connectivity index (χ4v) is 3.73. The van der Waals surface area contributed by atoms with Gasteiger partial charge in [0.1, 0.15) is 18.2 Å². The van der Waals surface area contributed by atoms with Gasteiger partial charge in [0.25, 0.3) is 0 Å². The van der Waals surface area contributed by atoms with Gasteiger partial charge in [0.15, 0.2) is 0 Å². The smallest absolute Gasteiger partial charge is 0.332 e. The first-order valence-corrected chi connectivity index (χ1v) is 9.30. The third-order valence-electron chi connectivity index (χ3n) is 5.33. The fraction of sp³-hybridized carbons (Fsp3) is 0.600. The predicted octanol–water partition coefficient (Wildman–Crippen LogP) is 2.66. The van der Waals surface area contributed by atoms with E-state index in [0.29, 0.717) is 13.0 Å². The molecule has 0 bridgehead atoms. The summed E-state index contributed by atoms with van der Waals surface area (Å²) in [6, 6.07) is 9.35. The Morgan fingerprint density at radius 2 is 2.00 bits per heavy atom. The zero-order valence-corrected chi connectivity index (χ0v) is 14.9. The molecule has 5 heteroatoms. The molecule has 3 rings (SSSR count). The monoisotopic (exact) mass is 343 g/mol. The minimum absolute atomic E-state index is 0.00133. The van der Waals surface area contributed by atoms with Crippen LogP contribution in [0.25, 0.3) is 0 Å². The van der Waals surface area contributed by atoms with Crippen LogP contribution >= 0.6 is 0 Å². The molecule has 2 saturated heterocycles. The van der Waals surface area contributed by atoms with Gasteiger partial charge in [-0.15, -0.1) is 0 Å². The van der Waals surface area contributed by atoms with E-state index in [-0.39, 0.29) is 24.5 Å². The second kappa shape index (κ2) is 8.00. The summed E-state index contributed by atoms with van der Waals surface area (Å²) in [7, 11) is 0. The van der Waals surface area contributed by atoms with Crippen LogP contribution in [0.2, 0.25) is 0 Å². The topological polar surface area (TPSA) is 60.7 Å². The number of benzene rings is 1. The van der Waals surface area contributed by atoms with Gasteiger partial charge in [-0.05, 0) is 51.0 Å². The molecular weight excluding hydrogens is 316 g/mol. The molecule has 0 N–H and O–H groups in total. The van der Waals surface area contributed by atoms with Crippen molar-refractivity contribution in [2.75, 3.05) is 13.1 Å². The van der Waals surface area contributed by atoms with E-state index in [4.69, 9.17) is 4.74 Å². The second-order valence-corrected chi connectivity index (χ2v) is 7.20. The first-order valence-electron chi connectivity index (χ1n) is 9.30. The molecule has 5 nitrogen and oxygen atoms in total. The van der Waals surface area contributed by atoms with Gasteiger partial charge in [-0.1, -0.05) is 30.3 Å². The molecule has 135 valence electrons. The molecule has 0 aliphatic carbocycles. The van der Waals surface area contributed by atoms with E-state index in [9.17, 15) is 9.59 Å². The van der Waals surface area contributed by atoms with Gasteiger partial charge < -0.3 is 9.64 Å². The number of carbonyl (C=O) groups is 2. The molecule has 1 amide bonds. The molecule has 25 heavy (non-hydrogen) atoms. The van der Waals surface area contributed by atoms with Gasteiger partial charge in [-0.2, -0.15) is 0 Å². The minimum Gasteiger partial charge on any atom is -0.459 e. The van der Waals surface area contributed by atoms with Crippen molar-refractivity contribution in [3.63, 3.8) is 0 Å². The molecule has 1 radical (unpaired) electrons. The summed E-state index contributed by atoms with van der Waals surface area (Å²) in [5.41, 5.74) is 0.0762. The summed E-state index contributed by atoms with van der Waals surface area (Å²) in [5.74, 6) is -0.307. The average Bonchev–Trinajstić information content (AvgIpc) is 2.67. The molecule has 2 aliphatic rings. The van der Waals surface area contributed by atoms with E-state index < -0.39 is 5.54 Å². The van der Waals surface area contributed by atoms with Crippen molar-refractivity contribution in [1.29, 1.82) is 0 Å². The molecule has 2 unspecified atom stereocenters. The predicted molar refractivity (Wildman–Crippen MR) is 94.8 cm³/mol. The summed E-state index contributed by atoms with van der Waals surface area (Å²) in [6.07, 6.45) is 5.40. The molecule has 2 aliphatic heterocycles. The lowest BCUT2D eigenvalue weighted by Crippen LogP contribution is -2.61. The molecule has 2 fully saturated rings. The SMILES string of the molecule is CC1(C(=O)OCc2ccccc2)CCCCN1C(=O)C1CCCC[N]1. The quantitative estimate of drug-likeness (QED) is 0.790. The lowest BCUT2D eigenvalue weighted by molar-refractivity contribution is -0.168.